The summed E-state index contributed by atoms with van der Waals surface area (Å²) in [5.74, 6) is -0.106. The van der Waals surface area contributed by atoms with Gasteiger partial charge in [0, 0.05) is 12.8 Å². The molecule has 0 saturated heterocycles. The van der Waals surface area contributed by atoms with Crippen LogP contribution < -0.4 is 5.32 Å². The summed E-state index contributed by atoms with van der Waals surface area (Å²) in [7, 11) is 0. The second-order valence-corrected chi connectivity index (χ2v) is 22.5. The van der Waals surface area contributed by atoms with Crippen molar-refractivity contribution in [3.05, 3.63) is 36.5 Å². The van der Waals surface area contributed by atoms with Crippen molar-refractivity contribution in [1.29, 1.82) is 0 Å². The summed E-state index contributed by atoms with van der Waals surface area (Å²) in [5.41, 5.74) is 0. The van der Waals surface area contributed by atoms with Crippen molar-refractivity contribution < 1.29 is 24.5 Å². The molecule has 0 aromatic rings. The number of aliphatic hydroxyl groups is 2. The standard InChI is InChI=1S/C67H127NO5/c1-3-5-7-9-11-13-15-17-19-21-22-23-24-25-26-27-28-29-31-35-39-43-47-51-55-59-65(70)64(63-69)68-66(71)60-56-52-48-44-40-36-32-30-34-38-42-46-50-54-58-62-73-67(72)61-57-53-49-45-41-37-33-20-18-16-14-12-10-8-6-4-2/h30,34,38,42,55,59,64-65,69-70H,3-29,31-33,35-37,39-41,43-54,56-58,60-63H2,1-2H3,(H,68,71)/b34-30-,42-38-,59-55+. The lowest BCUT2D eigenvalue weighted by atomic mass is 10.0. The van der Waals surface area contributed by atoms with E-state index in [1.807, 2.05) is 6.08 Å². The molecular weight excluding hydrogens is 899 g/mol. The molecule has 0 radical (unpaired) electrons. The molecular formula is C67H127NO5. The fourth-order valence-electron chi connectivity index (χ4n) is 10.2. The Hall–Kier alpha value is -1.92. The number of aliphatic hydroxyl groups excluding tert-OH is 2. The monoisotopic (exact) mass is 1030 g/mol. The van der Waals surface area contributed by atoms with E-state index in [-0.39, 0.29) is 18.5 Å². The van der Waals surface area contributed by atoms with E-state index < -0.39 is 12.1 Å². The van der Waals surface area contributed by atoms with Crippen molar-refractivity contribution in [3.63, 3.8) is 0 Å². The fourth-order valence-corrected chi connectivity index (χ4v) is 10.2. The van der Waals surface area contributed by atoms with Crippen LogP contribution in [0.1, 0.15) is 354 Å². The highest BCUT2D eigenvalue weighted by atomic mass is 16.5. The second-order valence-electron chi connectivity index (χ2n) is 22.5. The Morgan fingerprint density at radius 2 is 0.671 bits per heavy atom. The van der Waals surface area contributed by atoms with E-state index in [4.69, 9.17) is 4.74 Å². The summed E-state index contributed by atoms with van der Waals surface area (Å²) in [4.78, 5) is 24.6. The number of ether oxygens (including phenoxy) is 1. The van der Waals surface area contributed by atoms with Gasteiger partial charge in [0.2, 0.25) is 5.91 Å². The molecule has 6 heteroatoms. The van der Waals surface area contributed by atoms with Gasteiger partial charge in [-0.25, -0.2) is 0 Å². The quantitative estimate of drug-likeness (QED) is 0.0244. The highest BCUT2D eigenvalue weighted by molar-refractivity contribution is 5.76. The summed E-state index contributed by atoms with van der Waals surface area (Å²) in [6.07, 6.45) is 79.1. The van der Waals surface area contributed by atoms with E-state index in [1.54, 1.807) is 6.08 Å². The number of hydrogen-bond acceptors (Lipinski definition) is 5. The van der Waals surface area contributed by atoms with Gasteiger partial charge >= 0.3 is 5.97 Å². The zero-order valence-electron chi connectivity index (χ0n) is 49.1. The third-order valence-corrected chi connectivity index (χ3v) is 15.2. The van der Waals surface area contributed by atoms with Crippen LogP contribution in [0.2, 0.25) is 0 Å². The number of amides is 1. The smallest absolute Gasteiger partial charge is 0.305 e. The van der Waals surface area contributed by atoms with Gasteiger partial charge in [-0.1, -0.05) is 314 Å². The molecule has 3 N–H and O–H groups in total. The Bertz CT molecular complexity index is 1180. The lowest BCUT2D eigenvalue weighted by molar-refractivity contribution is -0.143. The summed E-state index contributed by atoms with van der Waals surface area (Å²) in [6, 6.07) is -0.646. The summed E-state index contributed by atoms with van der Waals surface area (Å²) >= 11 is 0. The van der Waals surface area contributed by atoms with Crippen LogP contribution in [-0.2, 0) is 14.3 Å². The molecule has 0 aromatic heterocycles. The van der Waals surface area contributed by atoms with Gasteiger partial charge in [-0.05, 0) is 64.2 Å². The molecule has 2 atom stereocenters. The van der Waals surface area contributed by atoms with E-state index in [9.17, 15) is 19.8 Å². The zero-order valence-corrected chi connectivity index (χ0v) is 49.1. The highest BCUT2D eigenvalue weighted by Crippen LogP contribution is 2.18. The van der Waals surface area contributed by atoms with Gasteiger partial charge in [0.05, 0.1) is 25.4 Å². The van der Waals surface area contributed by atoms with E-state index >= 15 is 0 Å². The average Bonchev–Trinajstić information content (AvgIpc) is 3.39. The maximum absolute atomic E-state index is 12.5. The van der Waals surface area contributed by atoms with Gasteiger partial charge in [-0.2, -0.15) is 0 Å². The van der Waals surface area contributed by atoms with Gasteiger partial charge in [0.25, 0.3) is 0 Å². The number of carbonyl (C=O) groups excluding carboxylic acids is 2. The molecule has 1 amide bonds. The van der Waals surface area contributed by atoms with Crippen LogP contribution in [0.15, 0.2) is 36.5 Å². The highest BCUT2D eigenvalue weighted by Gasteiger charge is 2.18. The Kier molecular flexibility index (Phi) is 61.0. The number of carbonyl (C=O) groups is 2. The van der Waals surface area contributed by atoms with Crippen molar-refractivity contribution >= 4 is 11.9 Å². The van der Waals surface area contributed by atoms with Gasteiger partial charge in [0.15, 0.2) is 0 Å². The van der Waals surface area contributed by atoms with Crippen LogP contribution in [0.3, 0.4) is 0 Å². The van der Waals surface area contributed by atoms with Crippen LogP contribution in [0.5, 0.6) is 0 Å². The van der Waals surface area contributed by atoms with Crippen LogP contribution in [0, 0.1) is 0 Å². The van der Waals surface area contributed by atoms with Crippen LogP contribution in [-0.4, -0.2) is 47.4 Å². The normalized spacial score (nSPS) is 12.8. The Labute approximate surface area is 455 Å². The van der Waals surface area contributed by atoms with E-state index in [2.05, 4.69) is 43.5 Å². The topological polar surface area (TPSA) is 95.9 Å². The Balaban J connectivity index is 3.52. The number of hydrogen-bond donors (Lipinski definition) is 3. The van der Waals surface area contributed by atoms with Crippen molar-refractivity contribution in [2.75, 3.05) is 13.2 Å². The molecule has 0 rings (SSSR count). The molecule has 0 saturated carbocycles. The molecule has 2 unspecified atom stereocenters. The largest absolute Gasteiger partial charge is 0.466 e. The molecule has 0 aliphatic rings. The first-order valence-corrected chi connectivity index (χ1v) is 32.8. The molecule has 6 nitrogen and oxygen atoms in total. The zero-order chi connectivity index (χ0) is 52.9. The SMILES string of the molecule is CCCCCCCCCCCCCCCCCCCCCCCCC/C=C/C(O)C(CO)NC(=O)CCCCCCCC/C=C\C=C/CCCCCOC(=O)CCCCCCCCCCCCCCCCCC. The summed E-state index contributed by atoms with van der Waals surface area (Å²) in [6.45, 7) is 4.88. The molecule has 73 heavy (non-hydrogen) atoms. The van der Waals surface area contributed by atoms with Crippen LogP contribution in [0.25, 0.3) is 0 Å². The van der Waals surface area contributed by atoms with Gasteiger partial charge in [0.1, 0.15) is 0 Å². The van der Waals surface area contributed by atoms with Crippen LogP contribution >= 0.6 is 0 Å². The minimum absolute atomic E-state index is 0.0188. The predicted molar refractivity (Wildman–Crippen MR) is 319 cm³/mol. The average molecular weight is 1030 g/mol. The molecule has 0 aliphatic heterocycles. The number of nitrogens with one attached hydrogen (secondary N) is 1. The maximum atomic E-state index is 12.5. The molecule has 0 aromatic carbocycles. The molecule has 0 aliphatic carbocycles. The second kappa shape index (κ2) is 62.6. The molecule has 0 fully saturated rings. The minimum Gasteiger partial charge on any atom is -0.466 e. The molecule has 0 bridgehead atoms. The number of allylic oxidation sites excluding steroid dienone is 5. The third kappa shape index (κ3) is 59.2. The van der Waals surface area contributed by atoms with E-state index in [0.29, 0.717) is 19.4 Å². The van der Waals surface area contributed by atoms with Crippen molar-refractivity contribution in [2.45, 2.75) is 366 Å². The van der Waals surface area contributed by atoms with Gasteiger partial charge in [-0.3, -0.25) is 9.59 Å². The fraction of sp³-hybridized carbons (Fsp3) is 0.881. The summed E-state index contributed by atoms with van der Waals surface area (Å²) < 4.78 is 5.46. The predicted octanol–water partition coefficient (Wildman–Crippen LogP) is 20.8. The Morgan fingerprint density at radius 1 is 0.384 bits per heavy atom. The molecule has 0 spiro atoms. The third-order valence-electron chi connectivity index (χ3n) is 15.2. The van der Waals surface area contributed by atoms with Crippen molar-refractivity contribution in [3.8, 4) is 0 Å². The van der Waals surface area contributed by atoms with Gasteiger partial charge < -0.3 is 20.3 Å². The van der Waals surface area contributed by atoms with Crippen molar-refractivity contribution in [1.82, 2.24) is 5.32 Å². The molecule has 430 valence electrons. The number of unbranched alkanes of at least 4 members (excludes halogenated alkanes) is 47. The number of esters is 1. The van der Waals surface area contributed by atoms with Crippen molar-refractivity contribution in [2.24, 2.45) is 0 Å². The van der Waals surface area contributed by atoms with E-state index in [1.165, 1.54) is 250 Å². The first-order valence-electron chi connectivity index (χ1n) is 32.8. The number of rotatable bonds is 61. The summed E-state index contributed by atoms with van der Waals surface area (Å²) in [5, 5.41) is 23.2. The maximum Gasteiger partial charge on any atom is 0.305 e. The lowest BCUT2D eigenvalue weighted by Gasteiger charge is -2.20. The lowest BCUT2D eigenvalue weighted by Crippen LogP contribution is -2.45. The molecule has 0 heterocycles. The first-order chi connectivity index (χ1) is 36.0. The Morgan fingerprint density at radius 3 is 1.01 bits per heavy atom. The van der Waals surface area contributed by atoms with Gasteiger partial charge in [-0.15, -0.1) is 0 Å². The first kappa shape index (κ1) is 71.1. The van der Waals surface area contributed by atoms with E-state index in [0.717, 1.165) is 77.0 Å². The minimum atomic E-state index is -0.861. The van der Waals surface area contributed by atoms with Crippen LogP contribution in [0.4, 0.5) is 0 Å².